The van der Waals surface area contributed by atoms with Crippen LogP contribution in [0.5, 0.6) is 5.75 Å². The lowest BCUT2D eigenvalue weighted by Gasteiger charge is -2.21. The van der Waals surface area contributed by atoms with E-state index in [1.54, 1.807) is 18.3 Å². The number of aromatic amines is 2. The van der Waals surface area contributed by atoms with Crippen LogP contribution in [0.3, 0.4) is 0 Å². The van der Waals surface area contributed by atoms with Gasteiger partial charge in [-0.15, -0.1) is 0 Å². The molecule has 2 aromatic carbocycles. The van der Waals surface area contributed by atoms with Crippen molar-refractivity contribution in [2.45, 2.75) is 6.04 Å². The summed E-state index contributed by atoms with van der Waals surface area (Å²) in [6.07, 6.45) is 5.45. The molecule has 0 amide bonds. The van der Waals surface area contributed by atoms with E-state index in [0.29, 0.717) is 5.52 Å². The Morgan fingerprint density at radius 2 is 1.65 bits per heavy atom. The summed E-state index contributed by atoms with van der Waals surface area (Å²) in [5, 5.41) is 15.2. The zero-order valence-corrected chi connectivity index (χ0v) is 13.9. The first-order valence-electron chi connectivity index (χ1n) is 8.33. The molecule has 1 atom stereocenters. The maximum absolute atomic E-state index is 13.2. The van der Waals surface area contributed by atoms with Crippen LogP contribution in [0.4, 0.5) is 10.1 Å². The Balaban J connectivity index is 1.83. The van der Waals surface area contributed by atoms with Gasteiger partial charge in [0.05, 0.1) is 11.4 Å². The van der Waals surface area contributed by atoms with Gasteiger partial charge in [0, 0.05) is 29.4 Å². The second-order valence-electron chi connectivity index (χ2n) is 6.06. The van der Waals surface area contributed by atoms with Crippen LogP contribution in [0.25, 0.3) is 10.9 Å². The van der Waals surface area contributed by atoms with Gasteiger partial charge in [0.2, 0.25) is 0 Å². The summed E-state index contributed by atoms with van der Waals surface area (Å²) >= 11 is 0. The minimum atomic E-state index is -0.298. The van der Waals surface area contributed by atoms with Gasteiger partial charge in [-0.1, -0.05) is 6.07 Å². The van der Waals surface area contributed by atoms with Gasteiger partial charge in [-0.2, -0.15) is 0 Å². The van der Waals surface area contributed by atoms with Crippen LogP contribution in [0.2, 0.25) is 0 Å². The Morgan fingerprint density at radius 3 is 2.42 bits per heavy atom. The Labute approximate surface area is 150 Å². The largest absolute Gasteiger partial charge is 0.502 e. The summed E-state index contributed by atoms with van der Waals surface area (Å²) in [6.45, 7) is 0. The van der Waals surface area contributed by atoms with Crippen molar-refractivity contribution in [3.63, 3.8) is 0 Å². The lowest BCUT2D eigenvalue weighted by atomic mass is 9.96. The van der Waals surface area contributed by atoms with Gasteiger partial charge in [-0.3, -0.25) is 0 Å². The monoisotopic (exact) mass is 347 g/mol. The van der Waals surface area contributed by atoms with Gasteiger partial charge < -0.3 is 10.4 Å². The predicted molar refractivity (Wildman–Crippen MR) is 97.0 cm³/mol. The lowest BCUT2D eigenvalue weighted by molar-refractivity contribution is -0.378. The van der Waals surface area contributed by atoms with Crippen molar-refractivity contribution in [1.29, 1.82) is 0 Å². The molecule has 0 spiro atoms. The molecule has 0 aliphatic rings. The third kappa shape index (κ3) is 3.07. The molecule has 128 valence electrons. The lowest BCUT2D eigenvalue weighted by Crippen LogP contribution is -2.15. The standard InChI is InChI=1S/C21H16FN3O/c22-16-4-6-17(7-5-16)25-19(15-9-12-23-13-10-15)18-8-3-14-2-1-11-24-20(14)21(18)26/h1-13,19,25-26H/p+2. The number of anilines is 1. The fourth-order valence-electron chi connectivity index (χ4n) is 3.08. The number of phenolic OH excluding ortho intramolecular Hbond substituents is 1. The summed E-state index contributed by atoms with van der Waals surface area (Å²) in [6, 6.07) is 17.5. The van der Waals surface area contributed by atoms with Crippen molar-refractivity contribution >= 4 is 16.6 Å². The summed E-state index contributed by atoms with van der Waals surface area (Å²) in [5.41, 5.74) is 3.15. The van der Waals surface area contributed by atoms with Crippen LogP contribution in [-0.2, 0) is 0 Å². The van der Waals surface area contributed by atoms with E-state index in [4.69, 9.17) is 0 Å². The average molecular weight is 347 g/mol. The second-order valence-corrected chi connectivity index (χ2v) is 6.06. The van der Waals surface area contributed by atoms with Gasteiger partial charge in [-0.05, 0) is 42.0 Å². The molecule has 2 heterocycles. The smallest absolute Gasteiger partial charge is 0.253 e. The number of benzene rings is 2. The van der Waals surface area contributed by atoms with Crippen molar-refractivity contribution in [2.75, 3.05) is 5.32 Å². The molecule has 5 heteroatoms. The normalized spacial score (nSPS) is 12.0. The van der Waals surface area contributed by atoms with Gasteiger partial charge in [0.15, 0.2) is 24.3 Å². The molecule has 2 aromatic heterocycles. The van der Waals surface area contributed by atoms with Gasteiger partial charge in [-0.25, -0.2) is 14.4 Å². The number of aromatic nitrogens is 2. The fourth-order valence-corrected chi connectivity index (χ4v) is 3.08. The molecule has 0 bridgehead atoms. The first-order chi connectivity index (χ1) is 12.7. The van der Waals surface area contributed by atoms with E-state index < -0.39 is 0 Å². The third-order valence-electron chi connectivity index (χ3n) is 4.38. The van der Waals surface area contributed by atoms with Crippen LogP contribution in [0, 0.1) is 5.82 Å². The summed E-state index contributed by atoms with van der Waals surface area (Å²) in [7, 11) is 0. The van der Waals surface area contributed by atoms with E-state index in [0.717, 1.165) is 22.2 Å². The Hall–Kier alpha value is -3.47. The molecule has 0 aliphatic heterocycles. The van der Waals surface area contributed by atoms with E-state index in [1.165, 1.54) is 12.1 Å². The SMILES string of the molecule is Oc1c(C(Nc2ccc(F)cc2)c2cc[nH+]cc2)ccc2ccc[nH+]c12. The van der Waals surface area contributed by atoms with E-state index in [2.05, 4.69) is 15.3 Å². The van der Waals surface area contributed by atoms with Gasteiger partial charge in [0.1, 0.15) is 5.82 Å². The first-order valence-corrected chi connectivity index (χ1v) is 8.33. The minimum absolute atomic E-state index is 0.190. The second kappa shape index (κ2) is 6.80. The Bertz CT molecular complexity index is 1040. The molecule has 0 saturated carbocycles. The molecule has 0 radical (unpaired) electrons. The Kier molecular flexibility index (Phi) is 4.19. The van der Waals surface area contributed by atoms with E-state index >= 15 is 0 Å². The number of hydrogen-bond donors (Lipinski definition) is 2. The highest BCUT2D eigenvalue weighted by atomic mass is 19.1. The average Bonchev–Trinajstić information content (AvgIpc) is 2.69. The molecule has 0 fully saturated rings. The molecular weight excluding hydrogens is 329 g/mol. The molecular formula is C21H18FN3O+2. The minimum Gasteiger partial charge on any atom is -0.502 e. The number of pyridine rings is 2. The molecule has 4 N–H and O–H groups in total. The summed E-state index contributed by atoms with van der Waals surface area (Å²) < 4.78 is 13.2. The molecule has 0 saturated heterocycles. The van der Waals surface area contributed by atoms with E-state index in [9.17, 15) is 9.50 Å². The summed E-state index contributed by atoms with van der Waals surface area (Å²) in [4.78, 5) is 6.11. The van der Waals surface area contributed by atoms with Crippen molar-refractivity contribution in [3.8, 4) is 5.75 Å². The van der Waals surface area contributed by atoms with E-state index in [1.807, 2.05) is 48.8 Å². The van der Waals surface area contributed by atoms with Crippen LogP contribution in [0.15, 0.2) is 79.3 Å². The number of H-pyrrole nitrogens is 2. The first kappa shape index (κ1) is 16.0. The molecule has 1 unspecified atom stereocenters. The maximum atomic E-state index is 13.2. The number of hydrogen-bond acceptors (Lipinski definition) is 2. The summed E-state index contributed by atoms with van der Waals surface area (Å²) in [5.74, 6) is -0.0971. The van der Waals surface area contributed by atoms with Crippen LogP contribution in [0.1, 0.15) is 17.2 Å². The van der Waals surface area contributed by atoms with Crippen LogP contribution < -0.4 is 15.3 Å². The topological polar surface area (TPSA) is 60.5 Å². The Morgan fingerprint density at radius 1 is 0.885 bits per heavy atom. The number of rotatable bonds is 4. The number of nitrogens with one attached hydrogen (secondary N) is 3. The van der Waals surface area contributed by atoms with Gasteiger partial charge in [0.25, 0.3) is 5.52 Å². The van der Waals surface area contributed by atoms with Crippen molar-refractivity contribution in [3.05, 3.63) is 96.2 Å². The van der Waals surface area contributed by atoms with Crippen LogP contribution in [-0.4, -0.2) is 5.11 Å². The molecule has 26 heavy (non-hydrogen) atoms. The number of fused-ring (bicyclic) bond motifs is 1. The molecule has 0 aliphatic carbocycles. The molecule has 4 aromatic rings. The highest BCUT2D eigenvalue weighted by Crippen LogP contribution is 2.35. The number of phenols is 1. The van der Waals surface area contributed by atoms with E-state index in [-0.39, 0.29) is 17.6 Å². The molecule has 4 nitrogen and oxygen atoms in total. The highest BCUT2D eigenvalue weighted by molar-refractivity contribution is 5.83. The van der Waals surface area contributed by atoms with Gasteiger partial charge >= 0.3 is 0 Å². The maximum Gasteiger partial charge on any atom is 0.253 e. The third-order valence-corrected chi connectivity index (χ3v) is 4.38. The number of halogens is 1. The van der Waals surface area contributed by atoms with Crippen molar-refractivity contribution in [1.82, 2.24) is 0 Å². The molecule has 4 rings (SSSR count). The zero-order valence-electron chi connectivity index (χ0n) is 13.9. The van der Waals surface area contributed by atoms with Crippen molar-refractivity contribution in [2.24, 2.45) is 0 Å². The highest BCUT2D eigenvalue weighted by Gasteiger charge is 2.22. The zero-order chi connectivity index (χ0) is 17.9. The quantitative estimate of drug-likeness (QED) is 0.593. The van der Waals surface area contributed by atoms with Crippen molar-refractivity contribution < 1.29 is 19.5 Å². The number of aromatic hydroxyl groups is 1. The fraction of sp³-hybridized carbons (Fsp3) is 0.0476. The predicted octanol–water partition coefficient (Wildman–Crippen LogP) is 3.51. The van der Waals surface area contributed by atoms with Crippen LogP contribution >= 0.6 is 0 Å².